The smallest absolute Gasteiger partial charge is 0.406 e. The quantitative estimate of drug-likeness (QED) is 0.309. The van der Waals surface area contributed by atoms with Gasteiger partial charge < -0.3 is 24.6 Å². The first kappa shape index (κ1) is 28.1. The number of hydrogen-bond acceptors (Lipinski definition) is 5. The van der Waals surface area contributed by atoms with Crippen molar-refractivity contribution in [3.63, 3.8) is 0 Å². The Hall–Kier alpha value is -3.90. The molecule has 1 aliphatic carbocycles. The van der Waals surface area contributed by atoms with Gasteiger partial charge in [0.2, 0.25) is 0 Å². The summed E-state index contributed by atoms with van der Waals surface area (Å²) in [6, 6.07) is 10.4. The van der Waals surface area contributed by atoms with E-state index in [4.69, 9.17) is 4.52 Å². The number of aryl methyl sites for hydroxylation is 1. The lowest BCUT2D eigenvalue weighted by Gasteiger charge is -2.36. The number of carbonyl (C=O) groups excluding carboxylic acids is 1. The second-order valence-electron chi connectivity index (χ2n) is 9.25. The first-order chi connectivity index (χ1) is 18.3. The number of carbonyl (C=O) groups is 1. The highest BCUT2D eigenvalue weighted by atomic mass is 19.4. The van der Waals surface area contributed by atoms with Gasteiger partial charge in [0.25, 0.3) is 0 Å². The topological polar surface area (TPSA) is 85.6 Å². The summed E-state index contributed by atoms with van der Waals surface area (Å²) in [6.45, 7) is 1.64. The molecule has 2 aromatic carbocycles. The predicted octanol–water partition coefficient (Wildman–Crippen LogP) is 6.51. The van der Waals surface area contributed by atoms with Gasteiger partial charge in [-0.2, -0.15) is 0 Å². The van der Waals surface area contributed by atoms with E-state index in [1.54, 1.807) is 13.0 Å². The van der Waals surface area contributed by atoms with Gasteiger partial charge in [-0.1, -0.05) is 42.3 Å². The van der Waals surface area contributed by atoms with E-state index in [0.29, 0.717) is 5.69 Å². The zero-order chi connectivity index (χ0) is 28.3. The molecule has 0 unspecified atom stereocenters. The first-order valence-electron chi connectivity index (χ1n) is 12.0. The van der Waals surface area contributed by atoms with E-state index in [-0.39, 0.29) is 29.3 Å². The van der Waals surface area contributed by atoms with Crippen LogP contribution in [0.4, 0.5) is 31.1 Å². The number of nitrogens with one attached hydrogen (secondary N) is 2. The molecule has 1 saturated carbocycles. The maximum atomic E-state index is 13.3. The molecule has 13 heteroatoms. The molecule has 0 saturated heterocycles. The van der Waals surface area contributed by atoms with Crippen molar-refractivity contribution in [2.45, 2.75) is 63.3 Å². The molecule has 7 nitrogen and oxygen atoms in total. The van der Waals surface area contributed by atoms with Gasteiger partial charge in [0.15, 0.2) is 0 Å². The Bertz CT molecular complexity index is 1230. The predicted molar refractivity (Wildman–Crippen MR) is 126 cm³/mol. The van der Waals surface area contributed by atoms with Gasteiger partial charge in [0.1, 0.15) is 17.3 Å². The number of aromatic nitrogens is 1. The van der Waals surface area contributed by atoms with Crippen LogP contribution in [-0.4, -0.2) is 30.0 Å². The van der Waals surface area contributed by atoms with Crippen LogP contribution in [0.15, 0.2) is 59.1 Å². The number of nitrogens with zero attached hydrogens (tertiary/aromatic N) is 1. The Kier molecular flexibility index (Phi) is 7.98. The Morgan fingerprint density at radius 3 is 1.92 bits per heavy atom. The molecular formula is C26H25F6N3O4. The standard InChI is InChI=1S/C26H25F6N3O4/c1-16-12-22(39-35-16)15-24(34-23(36)33-19-8-2-3-9-19,17-6-4-10-20(13-17)37-25(27,28)29)18-7-5-11-21(14-18)38-26(30,31)32/h4-7,10-14,19H,2-3,8-9,15H2,1H3,(H2,33,34,36). The third-order valence-electron chi connectivity index (χ3n) is 6.25. The second kappa shape index (κ2) is 11.1. The zero-order valence-corrected chi connectivity index (χ0v) is 20.7. The maximum absolute atomic E-state index is 13.3. The van der Waals surface area contributed by atoms with E-state index >= 15 is 0 Å². The normalized spacial score (nSPS) is 14.7. The molecule has 1 fully saturated rings. The Balaban J connectivity index is 1.86. The lowest BCUT2D eigenvalue weighted by molar-refractivity contribution is -0.275. The van der Waals surface area contributed by atoms with E-state index < -0.39 is 35.8 Å². The van der Waals surface area contributed by atoms with Crippen molar-refractivity contribution in [2.75, 3.05) is 0 Å². The fraction of sp³-hybridized carbons (Fsp3) is 0.385. The molecule has 210 valence electrons. The molecule has 2 N–H and O–H groups in total. The van der Waals surface area contributed by atoms with E-state index in [9.17, 15) is 31.1 Å². The lowest BCUT2D eigenvalue weighted by atomic mass is 9.79. The van der Waals surface area contributed by atoms with Crippen LogP contribution < -0.4 is 20.1 Å². The van der Waals surface area contributed by atoms with Crippen LogP contribution in [0.1, 0.15) is 48.3 Å². The average molecular weight is 557 g/mol. The number of ether oxygens (including phenoxy) is 2. The van der Waals surface area contributed by atoms with Crippen LogP contribution in [0.2, 0.25) is 0 Å². The minimum atomic E-state index is -5.00. The Labute approximate surface area is 219 Å². The zero-order valence-electron chi connectivity index (χ0n) is 20.7. The molecule has 0 atom stereocenters. The van der Waals surface area contributed by atoms with E-state index in [1.165, 1.54) is 24.3 Å². The number of amides is 2. The van der Waals surface area contributed by atoms with Crippen molar-refractivity contribution in [1.82, 2.24) is 15.8 Å². The largest absolute Gasteiger partial charge is 0.573 e. The summed E-state index contributed by atoms with van der Waals surface area (Å²) >= 11 is 0. The molecule has 0 radical (unpaired) electrons. The highest BCUT2D eigenvalue weighted by Gasteiger charge is 2.40. The molecule has 39 heavy (non-hydrogen) atoms. The fourth-order valence-corrected chi connectivity index (χ4v) is 4.72. The number of benzene rings is 2. The monoisotopic (exact) mass is 557 g/mol. The van der Waals surface area contributed by atoms with Crippen LogP contribution in [0.3, 0.4) is 0 Å². The summed E-state index contributed by atoms with van der Waals surface area (Å²) in [4.78, 5) is 13.3. The van der Waals surface area contributed by atoms with Gasteiger partial charge >= 0.3 is 18.8 Å². The van der Waals surface area contributed by atoms with Gasteiger partial charge in [-0.25, -0.2) is 4.79 Å². The Morgan fingerprint density at radius 2 is 1.46 bits per heavy atom. The summed E-state index contributed by atoms with van der Waals surface area (Å²) in [6.07, 6.45) is -6.90. The van der Waals surface area contributed by atoms with E-state index in [1.807, 2.05) is 0 Å². The van der Waals surface area contributed by atoms with E-state index in [0.717, 1.165) is 49.9 Å². The van der Waals surface area contributed by atoms with Crippen LogP contribution in [0.5, 0.6) is 11.5 Å². The van der Waals surface area contributed by atoms with Crippen LogP contribution in [0.25, 0.3) is 0 Å². The lowest BCUT2D eigenvalue weighted by Crippen LogP contribution is -2.53. The summed E-state index contributed by atoms with van der Waals surface area (Å²) in [5, 5.41) is 9.50. The second-order valence-corrected chi connectivity index (χ2v) is 9.25. The third-order valence-corrected chi connectivity index (χ3v) is 6.25. The highest BCUT2D eigenvalue weighted by molar-refractivity contribution is 5.76. The van der Waals surface area contributed by atoms with Gasteiger partial charge in [0, 0.05) is 18.5 Å². The van der Waals surface area contributed by atoms with Crippen molar-refractivity contribution in [3.8, 4) is 11.5 Å². The molecule has 1 heterocycles. The fourth-order valence-electron chi connectivity index (χ4n) is 4.72. The van der Waals surface area contributed by atoms with Gasteiger partial charge in [-0.05, 0) is 55.2 Å². The van der Waals surface area contributed by atoms with Crippen LogP contribution >= 0.6 is 0 Å². The summed E-state index contributed by atoms with van der Waals surface area (Å²) < 4.78 is 91.8. The third kappa shape index (κ3) is 7.58. The highest BCUT2D eigenvalue weighted by Crippen LogP contribution is 2.38. The molecule has 2 amide bonds. The van der Waals surface area contributed by atoms with Crippen molar-refractivity contribution in [1.29, 1.82) is 0 Å². The Morgan fingerprint density at radius 1 is 0.923 bits per heavy atom. The van der Waals surface area contributed by atoms with Gasteiger partial charge in [0.05, 0.1) is 11.2 Å². The SMILES string of the molecule is Cc1cc(CC(NC(=O)NC2CCCC2)(c2cccc(OC(F)(F)F)c2)c2cccc(OC(F)(F)F)c2)on1. The average Bonchev–Trinajstić information content (AvgIpc) is 3.48. The minimum absolute atomic E-state index is 0.0871. The molecule has 4 rings (SSSR count). The molecule has 1 aliphatic rings. The van der Waals surface area contributed by atoms with Crippen molar-refractivity contribution in [2.24, 2.45) is 0 Å². The van der Waals surface area contributed by atoms with Crippen molar-refractivity contribution >= 4 is 6.03 Å². The van der Waals surface area contributed by atoms with Gasteiger partial charge in [-0.15, -0.1) is 26.3 Å². The number of urea groups is 1. The first-order valence-corrected chi connectivity index (χ1v) is 12.0. The van der Waals surface area contributed by atoms with Crippen LogP contribution in [-0.2, 0) is 12.0 Å². The minimum Gasteiger partial charge on any atom is -0.406 e. The number of alkyl halides is 6. The molecule has 3 aromatic rings. The van der Waals surface area contributed by atoms with Gasteiger partial charge in [-0.3, -0.25) is 0 Å². The molecular weight excluding hydrogens is 532 g/mol. The molecule has 1 aromatic heterocycles. The number of hydrogen-bond donors (Lipinski definition) is 2. The van der Waals surface area contributed by atoms with Crippen LogP contribution in [0, 0.1) is 6.92 Å². The summed E-state index contributed by atoms with van der Waals surface area (Å²) in [5.41, 5.74) is -1.07. The molecule has 0 bridgehead atoms. The maximum Gasteiger partial charge on any atom is 0.573 e. The summed E-state index contributed by atoms with van der Waals surface area (Å²) in [5.74, 6) is -0.949. The van der Waals surface area contributed by atoms with Crippen molar-refractivity contribution in [3.05, 3.63) is 77.2 Å². The summed E-state index contributed by atoms with van der Waals surface area (Å²) in [7, 11) is 0. The molecule has 0 aliphatic heterocycles. The number of rotatable bonds is 8. The number of halogens is 6. The molecule has 0 spiro atoms. The van der Waals surface area contributed by atoms with E-state index in [2.05, 4.69) is 25.3 Å². The van der Waals surface area contributed by atoms with Crippen molar-refractivity contribution < 1.29 is 45.1 Å².